The minimum atomic E-state index is 1.10. The third-order valence-electron chi connectivity index (χ3n) is 3.48. The predicted octanol–water partition coefficient (Wildman–Crippen LogP) is 4.47. The molecule has 0 saturated heterocycles. The number of nitrogens with one attached hydrogen (secondary N) is 1. The van der Waals surface area contributed by atoms with Gasteiger partial charge >= 0.3 is 0 Å². The van der Waals surface area contributed by atoms with Gasteiger partial charge in [0.15, 0.2) is 0 Å². The van der Waals surface area contributed by atoms with E-state index >= 15 is 0 Å². The van der Waals surface area contributed by atoms with E-state index in [4.69, 9.17) is 0 Å². The summed E-state index contributed by atoms with van der Waals surface area (Å²) in [6.45, 7) is 6.38. The van der Waals surface area contributed by atoms with Crippen LogP contribution in [0, 0.1) is 0 Å². The summed E-state index contributed by atoms with van der Waals surface area (Å²) >= 11 is 0. The molecule has 0 heterocycles. The molecule has 19 heavy (non-hydrogen) atoms. The van der Waals surface area contributed by atoms with Crippen molar-refractivity contribution < 1.29 is 0 Å². The molecule has 0 bridgehead atoms. The van der Waals surface area contributed by atoms with Gasteiger partial charge in [0.25, 0.3) is 0 Å². The predicted molar refractivity (Wildman–Crippen MR) is 83.7 cm³/mol. The molecule has 0 spiro atoms. The lowest BCUT2D eigenvalue weighted by Crippen LogP contribution is -2.08. The van der Waals surface area contributed by atoms with Gasteiger partial charge in [-0.2, -0.15) is 0 Å². The van der Waals surface area contributed by atoms with Crippen molar-refractivity contribution in [2.24, 2.45) is 0 Å². The fourth-order valence-electron chi connectivity index (χ4n) is 2.36. The lowest BCUT2D eigenvalue weighted by atomic mass is 9.93. The first-order chi connectivity index (χ1) is 9.24. The van der Waals surface area contributed by atoms with E-state index < -0.39 is 0 Å². The zero-order valence-electron chi connectivity index (χ0n) is 11.7. The molecular weight excluding hydrogens is 230 g/mol. The van der Waals surface area contributed by atoms with Crippen LogP contribution in [-0.2, 0) is 0 Å². The minimum Gasteiger partial charge on any atom is -0.387 e. The Balaban J connectivity index is 2.36. The van der Waals surface area contributed by atoms with Gasteiger partial charge < -0.3 is 5.32 Å². The maximum atomic E-state index is 4.26. The van der Waals surface area contributed by atoms with Gasteiger partial charge in [-0.1, -0.05) is 55.1 Å². The second-order valence-electron chi connectivity index (χ2n) is 4.73. The molecule has 1 heteroatoms. The zero-order valence-corrected chi connectivity index (χ0v) is 11.7. The van der Waals surface area contributed by atoms with Gasteiger partial charge in [0.05, 0.1) is 0 Å². The quantitative estimate of drug-likeness (QED) is 0.778. The van der Waals surface area contributed by atoms with Crippen molar-refractivity contribution in [3.63, 3.8) is 0 Å². The summed E-state index contributed by atoms with van der Waals surface area (Å²) in [6.07, 6.45) is 8.91. The lowest BCUT2D eigenvalue weighted by Gasteiger charge is -2.16. The smallest absolute Gasteiger partial charge is 0.0446 e. The standard InChI is InChI=1S/C18H21N/c1-14(16-10-6-4-7-11-16)15(2)18(19-3)17-12-8-5-9-13-17/h5-6,8-13,19H,1,4,7H2,2-3H3/b18-15+. The van der Waals surface area contributed by atoms with Crippen LogP contribution in [-0.4, -0.2) is 7.05 Å². The van der Waals surface area contributed by atoms with Crippen molar-refractivity contribution in [1.29, 1.82) is 0 Å². The molecule has 98 valence electrons. The van der Waals surface area contributed by atoms with E-state index in [1.807, 2.05) is 13.1 Å². The van der Waals surface area contributed by atoms with E-state index in [2.05, 4.69) is 61.3 Å². The van der Waals surface area contributed by atoms with E-state index in [1.54, 1.807) is 0 Å². The van der Waals surface area contributed by atoms with E-state index in [0.717, 1.165) is 24.1 Å². The second kappa shape index (κ2) is 6.24. The summed E-state index contributed by atoms with van der Waals surface area (Å²) in [5.74, 6) is 0. The molecule has 1 aliphatic carbocycles. The van der Waals surface area contributed by atoms with Crippen molar-refractivity contribution in [1.82, 2.24) is 5.32 Å². The molecule has 1 aliphatic rings. The maximum Gasteiger partial charge on any atom is 0.0446 e. The van der Waals surface area contributed by atoms with Crippen molar-refractivity contribution >= 4 is 5.70 Å². The summed E-state index contributed by atoms with van der Waals surface area (Å²) in [7, 11) is 1.96. The second-order valence-corrected chi connectivity index (χ2v) is 4.73. The van der Waals surface area contributed by atoms with Crippen LogP contribution in [0.15, 0.2) is 71.9 Å². The fourth-order valence-corrected chi connectivity index (χ4v) is 2.36. The number of hydrogen-bond acceptors (Lipinski definition) is 1. The number of benzene rings is 1. The summed E-state index contributed by atoms with van der Waals surface area (Å²) in [4.78, 5) is 0. The number of allylic oxidation sites excluding steroid dienone is 6. The van der Waals surface area contributed by atoms with Gasteiger partial charge in [0.1, 0.15) is 0 Å². The first-order valence-electron chi connectivity index (χ1n) is 6.74. The van der Waals surface area contributed by atoms with Crippen molar-refractivity contribution in [2.45, 2.75) is 19.8 Å². The third kappa shape index (κ3) is 3.05. The van der Waals surface area contributed by atoms with Crippen molar-refractivity contribution in [3.05, 3.63) is 77.4 Å². The van der Waals surface area contributed by atoms with Crippen molar-refractivity contribution in [3.8, 4) is 0 Å². The largest absolute Gasteiger partial charge is 0.387 e. The highest BCUT2D eigenvalue weighted by Crippen LogP contribution is 2.27. The summed E-state index contributed by atoms with van der Waals surface area (Å²) < 4.78 is 0. The van der Waals surface area contributed by atoms with Crippen LogP contribution in [0.2, 0.25) is 0 Å². The molecule has 0 saturated carbocycles. The molecular formula is C18H21N. The summed E-state index contributed by atoms with van der Waals surface area (Å²) in [6, 6.07) is 10.4. The Kier molecular flexibility index (Phi) is 4.40. The van der Waals surface area contributed by atoms with E-state index in [1.165, 1.54) is 16.7 Å². The molecule has 0 fully saturated rings. The van der Waals surface area contributed by atoms with Crippen LogP contribution in [0.25, 0.3) is 5.70 Å². The molecule has 2 rings (SSSR count). The first-order valence-corrected chi connectivity index (χ1v) is 6.74. The zero-order chi connectivity index (χ0) is 13.7. The summed E-state index contributed by atoms with van der Waals surface area (Å²) in [5.41, 5.74) is 5.89. The highest BCUT2D eigenvalue weighted by Gasteiger charge is 2.10. The highest BCUT2D eigenvalue weighted by atomic mass is 14.8. The topological polar surface area (TPSA) is 12.0 Å². The Morgan fingerprint density at radius 3 is 2.47 bits per heavy atom. The average Bonchev–Trinajstić information content (AvgIpc) is 2.49. The highest BCUT2D eigenvalue weighted by molar-refractivity contribution is 5.73. The molecule has 0 aliphatic heterocycles. The molecule has 0 aromatic heterocycles. The Bertz CT molecular complexity index is 544. The van der Waals surface area contributed by atoms with Crippen molar-refractivity contribution in [2.75, 3.05) is 7.05 Å². The minimum absolute atomic E-state index is 1.10. The fraction of sp³-hybridized carbons (Fsp3) is 0.222. The van der Waals surface area contributed by atoms with E-state index in [0.29, 0.717) is 0 Å². The van der Waals surface area contributed by atoms with Gasteiger partial charge in [-0.15, -0.1) is 0 Å². The van der Waals surface area contributed by atoms with Crippen LogP contribution in [0.1, 0.15) is 25.3 Å². The Morgan fingerprint density at radius 2 is 1.89 bits per heavy atom. The van der Waals surface area contributed by atoms with Gasteiger partial charge in [0.2, 0.25) is 0 Å². The maximum absolute atomic E-state index is 4.26. The van der Waals surface area contributed by atoms with Crippen LogP contribution < -0.4 is 5.32 Å². The lowest BCUT2D eigenvalue weighted by molar-refractivity contribution is 1.02. The van der Waals surface area contributed by atoms with Gasteiger partial charge in [-0.25, -0.2) is 0 Å². The molecule has 0 amide bonds. The Morgan fingerprint density at radius 1 is 1.16 bits per heavy atom. The third-order valence-corrected chi connectivity index (χ3v) is 3.48. The molecule has 1 aromatic rings. The molecule has 0 radical (unpaired) electrons. The Hall–Kier alpha value is -2.02. The Labute approximate surface area is 116 Å². The molecule has 1 aromatic carbocycles. The first kappa shape index (κ1) is 13.4. The van der Waals surface area contributed by atoms with Gasteiger partial charge in [-0.05, 0) is 42.0 Å². The summed E-state index contributed by atoms with van der Waals surface area (Å²) in [5, 5.41) is 3.31. The van der Waals surface area contributed by atoms with E-state index in [9.17, 15) is 0 Å². The SMILES string of the molecule is C=C(C1=CCCC=C1)/C(C)=C(/NC)c1ccccc1. The van der Waals surface area contributed by atoms with Gasteiger partial charge in [0, 0.05) is 12.7 Å². The average molecular weight is 251 g/mol. The molecule has 0 atom stereocenters. The molecule has 0 unspecified atom stereocenters. The molecule has 1 nitrogen and oxygen atoms in total. The van der Waals surface area contributed by atoms with E-state index in [-0.39, 0.29) is 0 Å². The molecule has 1 N–H and O–H groups in total. The monoisotopic (exact) mass is 251 g/mol. The van der Waals surface area contributed by atoms with Gasteiger partial charge in [-0.3, -0.25) is 0 Å². The van der Waals surface area contributed by atoms with Crippen LogP contribution >= 0.6 is 0 Å². The van der Waals surface area contributed by atoms with Crippen LogP contribution in [0.3, 0.4) is 0 Å². The normalized spacial score (nSPS) is 15.6. The number of hydrogen-bond donors (Lipinski definition) is 1. The van der Waals surface area contributed by atoms with Crippen LogP contribution in [0.4, 0.5) is 0 Å². The number of rotatable bonds is 4. The van der Waals surface area contributed by atoms with Crippen LogP contribution in [0.5, 0.6) is 0 Å².